The molecule has 5 heteroatoms. The van der Waals surface area contributed by atoms with E-state index in [1.807, 2.05) is 0 Å². The Labute approximate surface area is 135 Å². The lowest BCUT2D eigenvalue weighted by atomic mass is 9.98. The average Bonchev–Trinajstić information content (AvgIpc) is 2.80. The number of Topliss-reactive ketones (excluding diaryl/α,β-unsaturated/α-hetero) is 1. The topological polar surface area (TPSA) is 55.8 Å². The molecule has 0 saturated carbocycles. The number of rotatable bonds is 2. The van der Waals surface area contributed by atoms with Crippen molar-refractivity contribution in [2.24, 2.45) is 0 Å². The summed E-state index contributed by atoms with van der Waals surface area (Å²) in [5.41, 5.74) is 0.400. The standard InChI is InChI=1S/C17H23NO4/c1-11-12(7-6-8-14(11)21-5)15-13(19)9-10-18(15)16(20)22-17(2,3)4/h6-8,15H,9-10H2,1-5H3/t15-/m1/s1/i5D3. The molecule has 0 aromatic heterocycles. The zero-order chi connectivity index (χ0) is 19.0. The third-order valence-corrected chi connectivity index (χ3v) is 3.57. The van der Waals surface area contributed by atoms with Crippen LogP contribution in [-0.2, 0) is 9.53 Å². The fourth-order valence-corrected chi connectivity index (χ4v) is 2.57. The van der Waals surface area contributed by atoms with Gasteiger partial charge in [-0.3, -0.25) is 9.69 Å². The van der Waals surface area contributed by atoms with E-state index in [2.05, 4.69) is 0 Å². The third-order valence-electron chi connectivity index (χ3n) is 3.57. The molecule has 1 aliphatic heterocycles. The van der Waals surface area contributed by atoms with E-state index in [0.29, 0.717) is 11.1 Å². The molecule has 0 unspecified atom stereocenters. The summed E-state index contributed by atoms with van der Waals surface area (Å²) in [5, 5.41) is 0. The first kappa shape index (κ1) is 12.5. The van der Waals surface area contributed by atoms with Crippen LogP contribution in [-0.4, -0.2) is 36.0 Å². The highest BCUT2D eigenvalue weighted by Crippen LogP contribution is 2.35. The fraction of sp³-hybridized carbons (Fsp3) is 0.529. The molecule has 120 valence electrons. The first-order valence-electron chi connectivity index (χ1n) is 8.70. The first-order chi connectivity index (χ1) is 11.4. The van der Waals surface area contributed by atoms with E-state index >= 15 is 0 Å². The molecule has 22 heavy (non-hydrogen) atoms. The normalized spacial score (nSPS) is 21.1. The molecule has 0 radical (unpaired) electrons. The van der Waals surface area contributed by atoms with Crippen molar-refractivity contribution in [3.05, 3.63) is 29.3 Å². The molecular weight excluding hydrogens is 282 g/mol. The average molecular weight is 308 g/mol. The van der Waals surface area contributed by atoms with Gasteiger partial charge in [-0.1, -0.05) is 12.1 Å². The lowest BCUT2D eigenvalue weighted by Crippen LogP contribution is -2.37. The number of hydrogen-bond donors (Lipinski definition) is 0. The summed E-state index contributed by atoms with van der Waals surface area (Å²) in [4.78, 5) is 26.2. The lowest BCUT2D eigenvalue weighted by Gasteiger charge is -2.28. The van der Waals surface area contributed by atoms with Crippen molar-refractivity contribution in [2.45, 2.75) is 45.8 Å². The number of nitrogens with zero attached hydrogens (tertiary/aromatic N) is 1. The monoisotopic (exact) mass is 308 g/mol. The van der Waals surface area contributed by atoms with Crippen molar-refractivity contribution in [3.63, 3.8) is 0 Å². The molecule has 2 rings (SSSR count). The molecule has 1 aromatic carbocycles. The van der Waals surface area contributed by atoms with Crippen LogP contribution in [0, 0.1) is 6.92 Å². The number of carbonyl (C=O) groups is 2. The Morgan fingerprint density at radius 3 is 2.77 bits per heavy atom. The molecule has 1 aromatic rings. The summed E-state index contributed by atoms with van der Waals surface area (Å²) >= 11 is 0. The van der Waals surface area contributed by atoms with Gasteiger partial charge in [-0.2, -0.15) is 0 Å². The Morgan fingerprint density at radius 2 is 2.14 bits per heavy atom. The Bertz CT molecular complexity index is 679. The maximum atomic E-state index is 12.4. The van der Waals surface area contributed by atoms with E-state index in [1.54, 1.807) is 39.8 Å². The summed E-state index contributed by atoms with van der Waals surface area (Å²) in [6.45, 7) is 7.22. The van der Waals surface area contributed by atoms with Crippen LogP contribution in [0.3, 0.4) is 0 Å². The number of ketones is 1. The number of benzene rings is 1. The van der Waals surface area contributed by atoms with Crippen molar-refractivity contribution < 1.29 is 23.2 Å². The molecule has 0 aliphatic carbocycles. The van der Waals surface area contributed by atoms with E-state index in [9.17, 15) is 9.59 Å². The minimum absolute atomic E-state index is 0.111. The van der Waals surface area contributed by atoms with Gasteiger partial charge < -0.3 is 9.47 Å². The summed E-state index contributed by atoms with van der Waals surface area (Å²) in [5.74, 6) is 0.0568. The Balaban J connectivity index is 2.36. The van der Waals surface area contributed by atoms with Crippen molar-refractivity contribution in [1.82, 2.24) is 4.90 Å². The van der Waals surface area contributed by atoms with Crippen LogP contribution in [0.5, 0.6) is 5.75 Å². The van der Waals surface area contributed by atoms with Gasteiger partial charge in [0, 0.05) is 13.0 Å². The Hall–Kier alpha value is -2.04. The maximum Gasteiger partial charge on any atom is 0.411 e. The molecule has 0 bridgehead atoms. The van der Waals surface area contributed by atoms with Gasteiger partial charge in [0.05, 0.1) is 11.2 Å². The molecular formula is C17H23NO4. The van der Waals surface area contributed by atoms with E-state index in [4.69, 9.17) is 13.6 Å². The van der Waals surface area contributed by atoms with Crippen LogP contribution >= 0.6 is 0 Å². The van der Waals surface area contributed by atoms with E-state index < -0.39 is 24.8 Å². The number of hydrogen-bond acceptors (Lipinski definition) is 4. The minimum Gasteiger partial charge on any atom is -0.496 e. The van der Waals surface area contributed by atoms with Crippen molar-refractivity contribution >= 4 is 11.9 Å². The molecule has 1 fully saturated rings. The molecule has 1 heterocycles. The van der Waals surface area contributed by atoms with Gasteiger partial charge in [0.25, 0.3) is 0 Å². The number of methoxy groups -OCH3 is 1. The SMILES string of the molecule is [2H]C([2H])([2H])Oc1cccc([C@@H]2C(=O)CCN2C(=O)OC(C)(C)C)c1C. The highest BCUT2D eigenvalue weighted by Gasteiger charge is 2.39. The third kappa shape index (κ3) is 3.24. The van der Waals surface area contributed by atoms with Crippen LogP contribution < -0.4 is 4.74 Å². The molecule has 1 saturated heterocycles. The molecule has 1 amide bonds. The highest BCUT2D eigenvalue weighted by molar-refractivity contribution is 5.92. The molecule has 1 aliphatic rings. The molecule has 0 N–H and O–H groups in total. The largest absolute Gasteiger partial charge is 0.496 e. The van der Waals surface area contributed by atoms with Gasteiger partial charge in [0.2, 0.25) is 0 Å². The molecule has 1 atom stereocenters. The summed E-state index contributed by atoms with van der Waals surface area (Å²) in [6.07, 6.45) is -0.335. The van der Waals surface area contributed by atoms with Crippen molar-refractivity contribution in [1.29, 1.82) is 0 Å². The van der Waals surface area contributed by atoms with Crippen LogP contribution in [0.2, 0.25) is 0 Å². The highest BCUT2D eigenvalue weighted by atomic mass is 16.6. The fourth-order valence-electron chi connectivity index (χ4n) is 2.57. The molecule has 0 spiro atoms. The summed E-state index contributed by atoms with van der Waals surface area (Å²) < 4.78 is 32.1. The smallest absolute Gasteiger partial charge is 0.411 e. The number of likely N-dealkylation sites (tertiary alicyclic amines) is 1. The van der Waals surface area contributed by atoms with Gasteiger partial charge in [-0.15, -0.1) is 0 Å². The van der Waals surface area contributed by atoms with E-state index in [1.165, 1.54) is 11.0 Å². The quantitative estimate of drug-likeness (QED) is 0.841. The first-order valence-corrected chi connectivity index (χ1v) is 7.20. The van der Waals surface area contributed by atoms with Crippen LogP contribution in [0.4, 0.5) is 4.79 Å². The zero-order valence-corrected chi connectivity index (χ0v) is 13.3. The Morgan fingerprint density at radius 1 is 1.41 bits per heavy atom. The second-order valence-electron chi connectivity index (χ2n) is 6.37. The summed E-state index contributed by atoms with van der Waals surface area (Å²) in [7, 11) is -2.59. The van der Waals surface area contributed by atoms with Gasteiger partial charge in [0.1, 0.15) is 17.4 Å². The lowest BCUT2D eigenvalue weighted by molar-refractivity contribution is -0.120. The summed E-state index contributed by atoms with van der Waals surface area (Å²) in [6, 6.07) is 4.05. The predicted molar refractivity (Wildman–Crippen MR) is 83.0 cm³/mol. The van der Waals surface area contributed by atoms with Gasteiger partial charge in [-0.25, -0.2) is 4.79 Å². The second-order valence-corrected chi connectivity index (χ2v) is 6.37. The number of carbonyl (C=O) groups excluding carboxylic acids is 2. The minimum atomic E-state index is -2.59. The van der Waals surface area contributed by atoms with Crippen LogP contribution in [0.1, 0.15) is 48.5 Å². The van der Waals surface area contributed by atoms with Crippen molar-refractivity contribution in [3.8, 4) is 5.75 Å². The second kappa shape index (κ2) is 5.99. The predicted octanol–water partition coefficient (Wildman–Crippen LogP) is 3.25. The number of amides is 1. The number of ether oxygens (including phenoxy) is 2. The molecule has 5 nitrogen and oxygen atoms in total. The van der Waals surface area contributed by atoms with Gasteiger partial charge in [-0.05, 0) is 44.9 Å². The van der Waals surface area contributed by atoms with Gasteiger partial charge in [0.15, 0.2) is 5.78 Å². The Kier molecular flexibility index (Phi) is 3.40. The van der Waals surface area contributed by atoms with Gasteiger partial charge >= 0.3 is 6.09 Å². The van der Waals surface area contributed by atoms with E-state index in [0.717, 1.165) is 0 Å². The zero-order valence-electron chi connectivity index (χ0n) is 16.3. The van der Waals surface area contributed by atoms with Crippen LogP contribution in [0.25, 0.3) is 0 Å². The van der Waals surface area contributed by atoms with E-state index in [-0.39, 0.29) is 24.5 Å². The van der Waals surface area contributed by atoms with Crippen LogP contribution in [0.15, 0.2) is 18.2 Å². The maximum absolute atomic E-state index is 12.4. The van der Waals surface area contributed by atoms with Crippen molar-refractivity contribution in [2.75, 3.05) is 13.6 Å².